The van der Waals surface area contributed by atoms with Gasteiger partial charge in [-0.05, 0) is 35.9 Å². The van der Waals surface area contributed by atoms with Crippen molar-refractivity contribution in [1.82, 2.24) is 18.7 Å². The van der Waals surface area contributed by atoms with Gasteiger partial charge in [0.25, 0.3) is 5.56 Å². The van der Waals surface area contributed by atoms with E-state index in [-0.39, 0.29) is 29.5 Å². The standard InChI is InChI=1S/C23H18F4N4O5/c1-29-19-18(20(33)30(22(29)34)11-4-12-32)31(13-14-7-9-15(24)10-8-14)21(28-19)35-16-5-2-3-6-17(16)36-23(25,26)27/h2-11,32H,12-13H2,1H3/b11-4+. The van der Waals surface area contributed by atoms with Gasteiger partial charge in [-0.3, -0.25) is 13.9 Å². The highest BCUT2D eigenvalue weighted by Gasteiger charge is 2.33. The van der Waals surface area contributed by atoms with Crippen LogP contribution in [0.3, 0.4) is 0 Å². The molecule has 0 saturated carbocycles. The molecule has 0 bridgehead atoms. The topological polar surface area (TPSA) is 101 Å². The number of fused-ring (bicyclic) bond motifs is 1. The van der Waals surface area contributed by atoms with Gasteiger partial charge in [-0.2, -0.15) is 4.98 Å². The number of benzene rings is 2. The fraction of sp³-hybridized carbons (Fsp3) is 0.174. The SMILES string of the molecule is Cn1c(=O)n(/C=C/CO)c(=O)c2c1nc(Oc1ccccc1OC(F)(F)F)n2Cc1ccc(F)cc1. The Kier molecular flexibility index (Phi) is 6.66. The number of aliphatic hydroxyl groups is 1. The van der Waals surface area contributed by atoms with Crippen LogP contribution >= 0.6 is 0 Å². The lowest BCUT2D eigenvalue weighted by molar-refractivity contribution is -0.275. The van der Waals surface area contributed by atoms with E-state index < -0.39 is 35.8 Å². The molecule has 9 nitrogen and oxygen atoms in total. The lowest BCUT2D eigenvalue weighted by Gasteiger charge is -2.14. The molecule has 2 heterocycles. The summed E-state index contributed by atoms with van der Waals surface area (Å²) in [7, 11) is 1.34. The largest absolute Gasteiger partial charge is 0.573 e. The summed E-state index contributed by atoms with van der Waals surface area (Å²) in [5, 5.41) is 9.07. The highest BCUT2D eigenvalue weighted by molar-refractivity contribution is 5.73. The molecule has 0 spiro atoms. The summed E-state index contributed by atoms with van der Waals surface area (Å²) in [6.07, 6.45) is -2.73. The van der Waals surface area contributed by atoms with Crippen LogP contribution < -0.4 is 20.7 Å². The fourth-order valence-electron chi connectivity index (χ4n) is 3.44. The van der Waals surface area contributed by atoms with Crippen LogP contribution in [0.5, 0.6) is 17.5 Å². The quantitative estimate of drug-likeness (QED) is 0.387. The Labute approximate surface area is 199 Å². The molecule has 0 fully saturated rings. The van der Waals surface area contributed by atoms with E-state index in [9.17, 15) is 27.2 Å². The van der Waals surface area contributed by atoms with Gasteiger partial charge in [-0.25, -0.2) is 13.8 Å². The van der Waals surface area contributed by atoms with Crippen molar-refractivity contribution in [2.24, 2.45) is 7.05 Å². The molecule has 0 aliphatic carbocycles. The maximum Gasteiger partial charge on any atom is 0.573 e. The Morgan fingerprint density at radius 3 is 2.36 bits per heavy atom. The molecule has 0 unspecified atom stereocenters. The van der Waals surface area contributed by atoms with Crippen molar-refractivity contribution in [1.29, 1.82) is 0 Å². The zero-order valence-electron chi connectivity index (χ0n) is 18.6. The lowest BCUT2D eigenvalue weighted by atomic mass is 10.2. The van der Waals surface area contributed by atoms with Crippen molar-refractivity contribution in [2.45, 2.75) is 12.9 Å². The van der Waals surface area contributed by atoms with Crippen LogP contribution in [-0.4, -0.2) is 36.8 Å². The van der Waals surface area contributed by atoms with Gasteiger partial charge in [0.1, 0.15) is 5.82 Å². The fourth-order valence-corrected chi connectivity index (χ4v) is 3.44. The molecule has 1 N–H and O–H groups in total. The Morgan fingerprint density at radius 2 is 1.72 bits per heavy atom. The number of imidazole rings is 1. The third-order valence-electron chi connectivity index (χ3n) is 5.04. The van der Waals surface area contributed by atoms with Gasteiger partial charge in [-0.15, -0.1) is 13.2 Å². The Morgan fingerprint density at radius 1 is 1.06 bits per heavy atom. The number of rotatable bonds is 7. The van der Waals surface area contributed by atoms with Crippen molar-refractivity contribution in [3.63, 3.8) is 0 Å². The van der Waals surface area contributed by atoms with E-state index >= 15 is 0 Å². The summed E-state index contributed by atoms with van der Waals surface area (Å²) < 4.78 is 64.8. The number of hydrogen-bond acceptors (Lipinski definition) is 6. The molecule has 4 rings (SSSR count). The summed E-state index contributed by atoms with van der Waals surface area (Å²) in [5.41, 5.74) is -1.32. The van der Waals surface area contributed by atoms with Gasteiger partial charge in [0.15, 0.2) is 22.7 Å². The van der Waals surface area contributed by atoms with Crippen LogP contribution in [0.2, 0.25) is 0 Å². The first-order chi connectivity index (χ1) is 17.1. The maximum absolute atomic E-state index is 13.4. The van der Waals surface area contributed by atoms with E-state index in [1.54, 1.807) is 0 Å². The molecule has 2 aromatic heterocycles. The van der Waals surface area contributed by atoms with Crippen molar-refractivity contribution >= 4 is 17.4 Å². The minimum Gasteiger partial charge on any atom is -0.421 e. The molecule has 0 aliphatic heterocycles. The predicted molar refractivity (Wildman–Crippen MR) is 120 cm³/mol. The number of ether oxygens (including phenoxy) is 2. The second-order valence-electron chi connectivity index (χ2n) is 7.46. The molecular formula is C23H18F4N4O5. The van der Waals surface area contributed by atoms with E-state index in [0.29, 0.717) is 5.56 Å². The normalized spacial score (nSPS) is 11.9. The van der Waals surface area contributed by atoms with Crippen molar-refractivity contribution < 1.29 is 32.1 Å². The zero-order chi connectivity index (χ0) is 26.0. The second-order valence-corrected chi connectivity index (χ2v) is 7.46. The molecule has 188 valence electrons. The van der Waals surface area contributed by atoms with Crippen LogP contribution in [0.15, 0.2) is 64.2 Å². The number of para-hydroxylation sites is 2. The molecular weight excluding hydrogens is 488 g/mol. The summed E-state index contributed by atoms with van der Waals surface area (Å²) in [4.78, 5) is 30.2. The van der Waals surface area contributed by atoms with Crippen LogP contribution in [0.4, 0.5) is 17.6 Å². The highest BCUT2D eigenvalue weighted by atomic mass is 19.4. The summed E-state index contributed by atoms with van der Waals surface area (Å²) in [6.45, 7) is -0.543. The van der Waals surface area contributed by atoms with Crippen LogP contribution in [-0.2, 0) is 13.6 Å². The van der Waals surface area contributed by atoms with Gasteiger partial charge >= 0.3 is 18.1 Å². The number of nitrogens with zero attached hydrogens (tertiary/aromatic N) is 4. The molecule has 0 saturated heterocycles. The predicted octanol–water partition coefficient (Wildman–Crippen LogP) is 3.24. The van der Waals surface area contributed by atoms with Gasteiger partial charge in [-0.1, -0.05) is 24.3 Å². The minimum atomic E-state index is -5.00. The highest BCUT2D eigenvalue weighted by Crippen LogP contribution is 2.35. The van der Waals surface area contributed by atoms with E-state index in [1.807, 2.05) is 0 Å². The average Bonchev–Trinajstić information content (AvgIpc) is 3.17. The molecule has 2 aromatic carbocycles. The third-order valence-corrected chi connectivity index (χ3v) is 5.04. The summed E-state index contributed by atoms with van der Waals surface area (Å²) in [5.74, 6) is -1.50. The summed E-state index contributed by atoms with van der Waals surface area (Å²) >= 11 is 0. The Hall–Kier alpha value is -4.39. The lowest BCUT2D eigenvalue weighted by Crippen LogP contribution is -2.37. The number of halogens is 4. The van der Waals surface area contributed by atoms with Gasteiger partial charge in [0.05, 0.1) is 13.2 Å². The minimum absolute atomic E-state index is 0.106. The van der Waals surface area contributed by atoms with E-state index in [0.717, 1.165) is 21.4 Å². The van der Waals surface area contributed by atoms with E-state index in [4.69, 9.17) is 9.84 Å². The number of alkyl halides is 3. The van der Waals surface area contributed by atoms with Crippen molar-refractivity contribution in [2.75, 3.05) is 6.61 Å². The first kappa shape index (κ1) is 24.7. The first-order valence-electron chi connectivity index (χ1n) is 10.4. The third kappa shape index (κ3) is 5.00. The van der Waals surface area contributed by atoms with Crippen LogP contribution in [0.25, 0.3) is 17.4 Å². The maximum atomic E-state index is 13.4. The number of hydrogen-bond donors (Lipinski definition) is 1. The molecule has 36 heavy (non-hydrogen) atoms. The smallest absolute Gasteiger partial charge is 0.421 e. The number of aromatic nitrogens is 4. The molecule has 0 amide bonds. The van der Waals surface area contributed by atoms with Gasteiger partial charge < -0.3 is 14.6 Å². The van der Waals surface area contributed by atoms with Crippen molar-refractivity contribution in [3.05, 3.63) is 86.8 Å². The molecule has 0 aliphatic rings. The molecule has 13 heteroatoms. The number of aryl methyl sites for hydroxylation is 1. The van der Waals surface area contributed by atoms with Gasteiger partial charge in [0.2, 0.25) is 0 Å². The summed E-state index contributed by atoms with van der Waals surface area (Å²) in [6, 6.07) is 9.93. The van der Waals surface area contributed by atoms with E-state index in [2.05, 4.69) is 9.72 Å². The number of aliphatic hydroxyl groups excluding tert-OH is 1. The average molecular weight is 506 g/mol. The Bertz CT molecular complexity index is 1550. The van der Waals surface area contributed by atoms with Gasteiger partial charge in [0, 0.05) is 13.2 Å². The molecule has 0 atom stereocenters. The monoisotopic (exact) mass is 506 g/mol. The second kappa shape index (κ2) is 9.70. The van der Waals surface area contributed by atoms with Crippen LogP contribution in [0.1, 0.15) is 5.56 Å². The van der Waals surface area contributed by atoms with Crippen LogP contribution in [0, 0.1) is 5.82 Å². The molecule has 0 radical (unpaired) electrons. The first-order valence-corrected chi connectivity index (χ1v) is 10.4. The van der Waals surface area contributed by atoms with Crippen molar-refractivity contribution in [3.8, 4) is 17.5 Å². The molecule has 4 aromatic rings. The van der Waals surface area contributed by atoms with E-state index in [1.165, 1.54) is 60.2 Å². The Balaban J connectivity index is 1.94. The zero-order valence-corrected chi connectivity index (χ0v) is 18.6.